The Morgan fingerprint density at radius 3 is 2.10 bits per heavy atom. The van der Waals surface area contributed by atoms with E-state index in [0.717, 1.165) is 50.7 Å². The Balaban J connectivity index is 4.13. The Hall–Kier alpha value is -1.49. The first kappa shape index (κ1) is 29.5. The lowest BCUT2D eigenvalue weighted by molar-refractivity contribution is -0.141. The average Bonchev–Trinajstić information content (AvgIpc) is 2.69. The summed E-state index contributed by atoms with van der Waals surface area (Å²) in [7, 11) is 0. The highest BCUT2D eigenvalue weighted by molar-refractivity contribution is 7.99. The number of hydrogen-bond donors (Lipinski definition) is 2. The van der Waals surface area contributed by atoms with Crippen molar-refractivity contribution >= 4 is 23.6 Å². The van der Waals surface area contributed by atoms with Crippen LogP contribution in [0, 0.1) is 0 Å². The van der Waals surface area contributed by atoms with Crippen LogP contribution in [0.1, 0.15) is 98.8 Å². The highest BCUT2D eigenvalue weighted by Gasteiger charge is 2.19. The topological polar surface area (TPSA) is 66.4 Å². The number of carboxylic acid groups (broad SMARTS) is 1. The monoisotopic (exact) mass is 451 g/mol. The van der Waals surface area contributed by atoms with Gasteiger partial charge in [0.15, 0.2) is 0 Å². The summed E-state index contributed by atoms with van der Waals surface area (Å²) < 4.78 is 0. The molecule has 0 aromatic heterocycles. The van der Waals surface area contributed by atoms with Crippen LogP contribution >= 0.6 is 11.8 Å². The molecule has 0 radical (unpaired) electrons. The molecule has 0 aliphatic rings. The molecule has 1 atom stereocenters. The first-order valence-electron chi connectivity index (χ1n) is 11.8. The SMILES string of the molecule is CCCCCCCC(=O)N[C@@H](CSC/C=C(\C)CC/C=C(\C)CCC=C(C)C)C(=O)O. The minimum atomic E-state index is -0.957. The fraction of sp³-hybridized carbons (Fsp3) is 0.692. The van der Waals surface area contributed by atoms with E-state index < -0.39 is 12.0 Å². The van der Waals surface area contributed by atoms with Crippen LogP contribution in [0.25, 0.3) is 0 Å². The molecule has 0 aromatic carbocycles. The maximum Gasteiger partial charge on any atom is 0.327 e. The van der Waals surface area contributed by atoms with E-state index in [2.05, 4.69) is 58.2 Å². The zero-order valence-corrected chi connectivity index (χ0v) is 21.3. The summed E-state index contributed by atoms with van der Waals surface area (Å²) in [4.78, 5) is 23.4. The van der Waals surface area contributed by atoms with Crippen LogP contribution in [0.15, 0.2) is 34.9 Å². The first-order chi connectivity index (χ1) is 14.8. The van der Waals surface area contributed by atoms with Crippen molar-refractivity contribution in [3.63, 3.8) is 0 Å². The number of carbonyl (C=O) groups excluding carboxylic acids is 1. The molecule has 0 saturated carbocycles. The second-order valence-electron chi connectivity index (χ2n) is 8.62. The number of carbonyl (C=O) groups is 2. The van der Waals surface area contributed by atoms with Gasteiger partial charge in [0.25, 0.3) is 0 Å². The van der Waals surface area contributed by atoms with Gasteiger partial charge < -0.3 is 10.4 Å². The van der Waals surface area contributed by atoms with Crippen molar-refractivity contribution in [1.82, 2.24) is 5.32 Å². The van der Waals surface area contributed by atoms with Gasteiger partial charge in [-0.2, -0.15) is 11.8 Å². The Morgan fingerprint density at radius 1 is 0.871 bits per heavy atom. The van der Waals surface area contributed by atoms with Gasteiger partial charge >= 0.3 is 5.97 Å². The predicted molar refractivity (Wildman–Crippen MR) is 136 cm³/mol. The Kier molecular flexibility index (Phi) is 18.3. The van der Waals surface area contributed by atoms with E-state index in [1.54, 1.807) is 11.8 Å². The molecule has 2 N–H and O–H groups in total. The zero-order valence-electron chi connectivity index (χ0n) is 20.5. The molecule has 0 heterocycles. The third kappa shape index (κ3) is 19.0. The van der Waals surface area contributed by atoms with E-state index in [1.807, 2.05) is 0 Å². The Labute approximate surface area is 195 Å². The molecule has 1 amide bonds. The number of aliphatic carboxylic acids is 1. The summed E-state index contributed by atoms with van der Waals surface area (Å²) >= 11 is 1.55. The summed E-state index contributed by atoms with van der Waals surface area (Å²) in [5.41, 5.74) is 4.13. The van der Waals surface area contributed by atoms with Crippen molar-refractivity contribution in [3.05, 3.63) is 34.9 Å². The predicted octanol–water partition coefficient (Wildman–Crippen LogP) is 7.07. The molecule has 31 heavy (non-hydrogen) atoms. The summed E-state index contributed by atoms with van der Waals surface area (Å²) in [6, 6.07) is -0.812. The van der Waals surface area contributed by atoms with Crippen LogP contribution in [-0.2, 0) is 9.59 Å². The first-order valence-corrected chi connectivity index (χ1v) is 13.0. The molecule has 0 spiro atoms. The molecule has 0 unspecified atom stereocenters. The third-order valence-corrected chi connectivity index (χ3v) is 6.07. The van der Waals surface area contributed by atoms with Crippen molar-refractivity contribution in [1.29, 1.82) is 0 Å². The molecular formula is C26H45NO3S. The van der Waals surface area contributed by atoms with E-state index in [9.17, 15) is 14.7 Å². The van der Waals surface area contributed by atoms with Crippen LogP contribution < -0.4 is 5.32 Å². The molecule has 0 aliphatic heterocycles. The molecule has 0 rings (SSSR count). The number of rotatable bonds is 18. The number of hydrogen-bond acceptors (Lipinski definition) is 3. The van der Waals surface area contributed by atoms with Crippen LogP contribution in [-0.4, -0.2) is 34.5 Å². The van der Waals surface area contributed by atoms with Gasteiger partial charge in [0.05, 0.1) is 0 Å². The lowest BCUT2D eigenvalue weighted by atomic mass is 10.1. The van der Waals surface area contributed by atoms with Crippen LogP contribution in [0.5, 0.6) is 0 Å². The van der Waals surface area contributed by atoms with E-state index in [-0.39, 0.29) is 5.91 Å². The molecular weight excluding hydrogens is 406 g/mol. The maximum atomic E-state index is 12.0. The highest BCUT2D eigenvalue weighted by atomic mass is 32.2. The fourth-order valence-electron chi connectivity index (χ4n) is 3.06. The van der Waals surface area contributed by atoms with E-state index in [4.69, 9.17) is 0 Å². The van der Waals surface area contributed by atoms with Gasteiger partial charge in [-0.3, -0.25) is 4.79 Å². The minimum Gasteiger partial charge on any atom is -0.480 e. The van der Waals surface area contributed by atoms with Crippen LogP contribution in [0.3, 0.4) is 0 Å². The standard InChI is InChI=1S/C26H45NO3S/c1-6-7-8-9-10-17-25(28)27-24(26(29)30)20-31-19-18-23(5)16-12-15-22(4)14-11-13-21(2)3/h13,15,18,24H,6-12,14,16-17,19-20H2,1-5H3,(H,27,28)(H,29,30)/b22-15+,23-18+/t24-/m0/s1. The van der Waals surface area contributed by atoms with Crippen LogP contribution in [0.2, 0.25) is 0 Å². The Morgan fingerprint density at radius 2 is 1.48 bits per heavy atom. The average molecular weight is 452 g/mol. The molecule has 4 nitrogen and oxygen atoms in total. The van der Waals surface area contributed by atoms with E-state index in [0.29, 0.717) is 12.2 Å². The van der Waals surface area contributed by atoms with Gasteiger partial charge in [-0.25, -0.2) is 4.79 Å². The van der Waals surface area contributed by atoms with E-state index >= 15 is 0 Å². The molecule has 0 aliphatic carbocycles. The summed E-state index contributed by atoms with van der Waals surface area (Å²) in [6.07, 6.45) is 16.8. The van der Waals surface area contributed by atoms with Gasteiger partial charge in [-0.1, -0.05) is 67.6 Å². The molecule has 0 saturated heterocycles. The van der Waals surface area contributed by atoms with Crippen LogP contribution in [0.4, 0.5) is 0 Å². The van der Waals surface area contributed by atoms with E-state index in [1.165, 1.54) is 29.6 Å². The number of unbranched alkanes of at least 4 members (excludes halogenated alkanes) is 4. The third-order valence-electron chi connectivity index (χ3n) is 5.10. The number of thioether (sulfide) groups is 1. The van der Waals surface area contributed by atoms with Crippen molar-refractivity contribution in [3.8, 4) is 0 Å². The highest BCUT2D eigenvalue weighted by Crippen LogP contribution is 2.13. The van der Waals surface area contributed by atoms with Crippen molar-refractivity contribution in [2.24, 2.45) is 0 Å². The van der Waals surface area contributed by atoms with Crippen molar-refractivity contribution < 1.29 is 14.7 Å². The van der Waals surface area contributed by atoms with Gasteiger partial charge in [-0.15, -0.1) is 0 Å². The van der Waals surface area contributed by atoms with Crippen molar-refractivity contribution in [2.45, 2.75) is 105 Å². The van der Waals surface area contributed by atoms with Gasteiger partial charge in [0.1, 0.15) is 6.04 Å². The molecule has 0 aromatic rings. The van der Waals surface area contributed by atoms with Crippen molar-refractivity contribution in [2.75, 3.05) is 11.5 Å². The number of carboxylic acids is 1. The normalized spacial score (nSPS) is 13.1. The van der Waals surface area contributed by atoms with Gasteiger partial charge in [0, 0.05) is 17.9 Å². The molecule has 0 fully saturated rings. The minimum absolute atomic E-state index is 0.150. The largest absolute Gasteiger partial charge is 0.480 e. The number of allylic oxidation sites excluding steroid dienone is 5. The maximum absolute atomic E-state index is 12.0. The second kappa shape index (κ2) is 19.2. The summed E-state index contributed by atoms with van der Waals surface area (Å²) in [6.45, 7) is 10.7. The number of nitrogens with one attached hydrogen (secondary N) is 1. The fourth-order valence-corrected chi connectivity index (χ4v) is 4.06. The van der Waals surface area contributed by atoms with Gasteiger partial charge in [0.2, 0.25) is 5.91 Å². The molecule has 5 heteroatoms. The second-order valence-corrected chi connectivity index (χ2v) is 9.69. The molecule has 178 valence electrons. The summed E-state index contributed by atoms with van der Waals surface area (Å²) in [5, 5.41) is 12.1. The quantitative estimate of drug-likeness (QED) is 0.173. The Bertz CT molecular complexity index is 604. The van der Waals surface area contributed by atoms with Gasteiger partial charge in [-0.05, 0) is 59.8 Å². The smallest absolute Gasteiger partial charge is 0.327 e. The zero-order chi connectivity index (χ0) is 23.5. The number of amides is 1. The molecule has 0 bridgehead atoms. The summed E-state index contributed by atoms with van der Waals surface area (Å²) in [5.74, 6) is 0.0553. The lowest BCUT2D eigenvalue weighted by Crippen LogP contribution is -2.42. The lowest BCUT2D eigenvalue weighted by Gasteiger charge is -2.14.